The average molecular weight is 96.1 g/mol. The summed E-state index contributed by atoms with van der Waals surface area (Å²) in [6.45, 7) is 5.00. The van der Waals surface area contributed by atoms with E-state index in [4.69, 9.17) is 5.41 Å². The van der Waals surface area contributed by atoms with Crippen LogP contribution in [-0.4, -0.2) is 11.9 Å². The summed E-state index contributed by atoms with van der Waals surface area (Å²) in [4.78, 5) is 3.59. The van der Waals surface area contributed by atoms with Gasteiger partial charge in [0.05, 0.1) is 0 Å². The van der Waals surface area contributed by atoms with Gasteiger partial charge in [0.2, 0.25) is 0 Å². The Kier molecular flexibility index (Phi) is 2.85. The largest absolute Gasteiger partial charge is 0.304 e. The normalized spacial score (nSPS) is 9.29. The molecule has 2 heteroatoms. The number of hydrogen-bond donors (Lipinski definition) is 1. The summed E-state index contributed by atoms with van der Waals surface area (Å²) >= 11 is 0. The number of nitrogens with one attached hydrogen (secondary N) is 1. The van der Waals surface area contributed by atoms with Crippen molar-refractivity contribution in [2.75, 3.05) is 0 Å². The van der Waals surface area contributed by atoms with Gasteiger partial charge in [-0.1, -0.05) is 6.58 Å². The summed E-state index contributed by atoms with van der Waals surface area (Å²) in [5.74, 6) is 0. The van der Waals surface area contributed by atoms with Gasteiger partial charge in [0.1, 0.15) is 0 Å². The minimum Gasteiger partial charge on any atom is -0.304 e. The van der Waals surface area contributed by atoms with Crippen LogP contribution in [0.4, 0.5) is 0 Å². The molecule has 0 amide bonds. The van der Waals surface area contributed by atoms with Crippen molar-refractivity contribution in [3.8, 4) is 0 Å². The Morgan fingerprint density at radius 2 is 2.43 bits per heavy atom. The second-order valence-electron chi connectivity index (χ2n) is 1.14. The lowest BCUT2D eigenvalue weighted by Gasteiger charge is -1.74. The summed E-state index contributed by atoms with van der Waals surface area (Å²) in [5, 5.41) is 6.80. The van der Waals surface area contributed by atoms with Gasteiger partial charge in [-0.2, -0.15) is 0 Å². The van der Waals surface area contributed by atoms with E-state index < -0.39 is 0 Å². The summed E-state index contributed by atoms with van der Waals surface area (Å²) in [6, 6.07) is 0. The van der Waals surface area contributed by atoms with E-state index in [1.54, 1.807) is 6.92 Å². The maximum Gasteiger partial charge on any atom is 0.0472 e. The summed E-state index contributed by atoms with van der Waals surface area (Å²) in [5.41, 5.74) is 0.444. The molecule has 0 aliphatic rings. The maximum absolute atomic E-state index is 6.80. The molecule has 0 heterocycles. The van der Waals surface area contributed by atoms with Gasteiger partial charge in [0.15, 0.2) is 0 Å². The zero-order valence-electron chi connectivity index (χ0n) is 4.31. The number of rotatable bonds is 2. The van der Waals surface area contributed by atoms with Gasteiger partial charge in [-0.05, 0) is 6.92 Å². The third kappa shape index (κ3) is 5.08. The van der Waals surface area contributed by atoms with Gasteiger partial charge >= 0.3 is 0 Å². The molecule has 0 saturated carbocycles. The molecular formula is C5H8N2. The Bertz CT molecular complexity index is 103. The molecule has 1 N–H and O–H groups in total. The van der Waals surface area contributed by atoms with Crippen LogP contribution in [0, 0.1) is 5.41 Å². The maximum atomic E-state index is 6.80. The molecule has 0 unspecified atom stereocenters. The molecule has 0 aliphatic carbocycles. The first kappa shape index (κ1) is 6.08. The molecule has 0 spiro atoms. The SMILES string of the molecule is C=C/N=C\C(C)=N. The lowest BCUT2D eigenvalue weighted by Crippen LogP contribution is -1.85. The van der Waals surface area contributed by atoms with Crippen LogP contribution in [0.1, 0.15) is 6.92 Å². The molecule has 0 aromatic rings. The lowest BCUT2D eigenvalue weighted by molar-refractivity contribution is 1.51. The van der Waals surface area contributed by atoms with Crippen molar-refractivity contribution in [1.82, 2.24) is 0 Å². The van der Waals surface area contributed by atoms with E-state index in [9.17, 15) is 0 Å². The van der Waals surface area contributed by atoms with Crippen LogP contribution in [0.25, 0.3) is 0 Å². The van der Waals surface area contributed by atoms with Gasteiger partial charge in [-0.3, -0.25) is 4.99 Å². The first-order chi connectivity index (χ1) is 3.27. The highest BCUT2D eigenvalue weighted by atomic mass is 14.7. The average Bonchev–Trinajstić information content (AvgIpc) is 1.61. The molecule has 2 nitrogen and oxygen atoms in total. The van der Waals surface area contributed by atoms with Crippen LogP contribution in [0.15, 0.2) is 17.8 Å². The van der Waals surface area contributed by atoms with Crippen LogP contribution in [0.2, 0.25) is 0 Å². The smallest absolute Gasteiger partial charge is 0.0472 e. The summed E-state index contributed by atoms with van der Waals surface area (Å²) < 4.78 is 0. The minimum absolute atomic E-state index is 0.444. The van der Waals surface area contributed by atoms with Gasteiger partial charge in [0.25, 0.3) is 0 Å². The first-order valence-electron chi connectivity index (χ1n) is 1.96. The molecule has 0 aromatic heterocycles. The fraction of sp³-hybridized carbons (Fsp3) is 0.200. The van der Waals surface area contributed by atoms with Crippen LogP contribution in [0.3, 0.4) is 0 Å². The topological polar surface area (TPSA) is 36.2 Å². The van der Waals surface area contributed by atoms with Gasteiger partial charge in [-0.15, -0.1) is 0 Å². The van der Waals surface area contributed by atoms with Crippen molar-refractivity contribution in [3.05, 3.63) is 12.8 Å². The van der Waals surface area contributed by atoms with E-state index in [0.29, 0.717) is 5.71 Å². The Labute approximate surface area is 43.1 Å². The van der Waals surface area contributed by atoms with E-state index in [1.165, 1.54) is 12.4 Å². The standard InChI is InChI=1S/C5H8N2/c1-3-7-4-5(2)6/h3-4,6H,1H2,2H3/b6-5?,7-4-. The highest BCUT2D eigenvalue weighted by Gasteiger charge is 1.69. The number of hydrogen-bond acceptors (Lipinski definition) is 2. The fourth-order valence-corrected chi connectivity index (χ4v) is 0.165. The Morgan fingerprint density at radius 1 is 1.86 bits per heavy atom. The van der Waals surface area contributed by atoms with E-state index in [2.05, 4.69) is 11.6 Å². The summed E-state index contributed by atoms with van der Waals surface area (Å²) in [7, 11) is 0. The first-order valence-corrected chi connectivity index (χ1v) is 1.96. The zero-order valence-corrected chi connectivity index (χ0v) is 4.31. The van der Waals surface area contributed by atoms with Crippen molar-refractivity contribution in [2.24, 2.45) is 4.99 Å². The Balaban J connectivity index is 3.46. The van der Waals surface area contributed by atoms with Crippen LogP contribution in [-0.2, 0) is 0 Å². The van der Waals surface area contributed by atoms with Crippen LogP contribution in [0.5, 0.6) is 0 Å². The van der Waals surface area contributed by atoms with Gasteiger partial charge in [-0.25, -0.2) is 0 Å². The summed E-state index contributed by atoms with van der Waals surface area (Å²) in [6.07, 6.45) is 2.84. The molecule has 0 rings (SSSR count). The molecule has 38 valence electrons. The third-order valence-electron chi connectivity index (χ3n) is 0.374. The van der Waals surface area contributed by atoms with Gasteiger partial charge in [0, 0.05) is 18.1 Å². The molecule has 0 atom stereocenters. The molecule has 0 fully saturated rings. The number of nitrogens with zero attached hydrogens (tertiary/aromatic N) is 1. The fourth-order valence-electron chi connectivity index (χ4n) is 0.165. The molecule has 7 heavy (non-hydrogen) atoms. The van der Waals surface area contributed by atoms with Gasteiger partial charge < -0.3 is 5.41 Å². The zero-order chi connectivity index (χ0) is 5.70. The molecule has 0 radical (unpaired) electrons. The Morgan fingerprint density at radius 3 is 2.57 bits per heavy atom. The molecule has 0 bridgehead atoms. The highest BCUT2D eigenvalue weighted by molar-refractivity contribution is 6.27. The minimum atomic E-state index is 0.444. The highest BCUT2D eigenvalue weighted by Crippen LogP contribution is 1.65. The molecule has 0 aliphatic heterocycles. The number of aliphatic imine (C=N–C) groups is 1. The monoisotopic (exact) mass is 96.1 g/mol. The van der Waals surface area contributed by atoms with Crippen LogP contribution >= 0.6 is 0 Å². The molecular weight excluding hydrogens is 88.1 g/mol. The predicted octanol–water partition coefficient (Wildman–Crippen LogP) is 1.24. The van der Waals surface area contributed by atoms with Crippen molar-refractivity contribution in [1.29, 1.82) is 5.41 Å². The van der Waals surface area contributed by atoms with E-state index in [1.807, 2.05) is 0 Å². The van der Waals surface area contributed by atoms with Crippen molar-refractivity contribution in [2.45, 2.75) is 6.92 Å². The van der Waals surface area contributed by atoms with E-state index >= 15 is 0 Å². The van der Waals surface area contributed by atoms with Crippen LogP contribution < -0.4 is 0 Å². The van der Waals surface area contributed by atoms with Crippen molar-refractivity contribution < 1.29 is 0 Å². The molecule has 0 aromatic carbocycles. The third-order valence-corrected chi connectivity index (χ3v) is 0.374. The quantitative estimate of drug-likeness (QED) is 0.502. The second-order valence-corrected chi connectivity index (χ2v) is 1.14. The second kappa shape index (κ2) is 3.28. The van der Waals surface area contributed by atoms with E-state index in [-0.39, 0.29) is 0 Å². The van der Waals surface area contributed by atoms with Crippen molar-refractivity contribution >= 4 is 11.9 Å². The molecule has 0 saturated heterocycles. The lowest BCUT2D eigenvalue weighted by atomic mass is 10.5. The Hall–Kier alpha value is -0.920. The van der Waals surface area contributed by atoms with Crippen molar-refractivity contribution in [3.63, 3.8) is 0 Å². The van der Waals surface area contributed by atoms with E-state index in [0.717, 1.165) is 0 Å². The predicted molar refractivity (Wildman–Crippen MR) is 32.1 cm³/mol.